The minimum Gasteiger partial charge on any atom is -0.356 e. The van der Waals surface area contributed by atoms with Gasteiger partial charge in [0.2, 0.25) is 0 Å². The van der Waals surface area contributed by atoms with Crippen LogP contribution in [-0.4, -0.2) is 57.1 Å². The van der Waals surface area contributed by atoms with E-state index in [1.54, 1.807) is 0 Å². The lowest BCUT2D eigenvalue weighted by Crippen LogP contribution is -2.42. The van der Waals surface area contributed by atoms with E-state index in [1.807, 2.05) is 18.8 Å². The van der Waals surface area contributed by atoms with Gasteiger partial charge >= 0.3 is 0 Å². The quantitative estimate of drug-likeness (QED) is 0.460. The first-order valence-corrected chi connectivity index (χ1v) is 8.64. The molecule has 0 aromatic heterocycles. The fourth-order valence-electron chi connectivity index (χ4n) is 2.07. The molecule has 0 amide bonds. The molecule has 0 radical (unpaired) electrons. The summed E-state index contributed by atoms with van der Waals surface area (Å²) < 4.78 is 0. The van der Waals surface area contributed by atoms with Crippen LogP contribution in [0.3, 0.4) is 0 Å². The van der Waals surface area contributed by atoms with Crippen LogP contribution in [0.15, 0.2) is 29.3 Å². The first-order valence-electron chi connectivity index (χ1n) is 7.25. The molecule has 0 spiro atoms. The first-order chi connectivity index (χ1) is 10.1. The Morgan fingerprint density at radius 3 is 2.43 bits per heavy atom. The molecule has 0 bridgehead atoms. The number of aliphatic imine (C=N–C) groups is 1. The Balaban J connectivity index is 2.60. The Kier molecular flexibility index (Phi) is 8.23. The normalized spacial score (nSPS) is 13.3. The highest BCUT2D eigenvalue weighted by Gasteiger charge is 2.14. The van der Waals surface area contributed by atoms with Crippen LogP contribution in [0.25, 0.3) is 0 Å². The predicted molar refractivity (Wildman–Crippen MR) is 95.4 cm³/mol. The van der Waals surface area contributed by atoms with Gasteiger partial charge in [0.1, 0.15) is 0 Å². The topological polar surface area (TPSA) is 39.7 Å². The number of hydrogen-bond donors (Lipinski definition) is 2. The molecule has 0 aliphatic rings. The van der Waals surface area contributed by atoms with E-state index in [-0.39, 0.29) is 0 Å². The molecule has 1 unspecified atom stereocenters. The van der Waals surface area contributed by atoms with Gasteiger partial charge in [-0.1, -0.05) is 29.8 Å². The van der Waals surface area contributed by atoms with Crippen molar-refractivity contribution in [3.63, 3.8) is 0 Å². The van der Waals surface area contributed by atoms with Gasteiger partial charge in [-0.25, -0.2) is 0 Å². The summed E-state index contributed by atoms with van der Waals surface area (Å²) in [6.07, 6.45) is 2.11. The van der Waals surface area contributed by atoms with Crippen LogP contribution in [0.1, 0.15) is 17.2 Å². The molecule has 0 aliphatic heterocycles. The maximum absolute atomic E-state index is 4.27. The third-order valence-corrected chi connectivity index (χ3v) is 3.98. The molecule has 21 heavy (non-hydrogen) atoms. The number of likely N-dealkylation sites (N-methyl/N-ethyl adjacent to an activating group) is 1. The molecule has 0 fully saturated rings. The van der Waals surface area contributed by atoms with E-state index in [0.29, 0.717) is 6.04 Å². The number of aryl methyl sites for hydroxylation is 1. The van der Waals surface area contributed by atoms with Crippen LogP contribution in [0.4, 0.5) is 0 Å². The first kappa shape index (κ1) is 17.9. The van der Waals surface area contributed by atoms with Crippen molar-refractivity contribution in [3.05, 3.63) is 35.4 Å². The number of hydrogen-bond acceptors (Lipinski definition) is 3. The molecule has 0 heterocycles. The minimum atomic E-state index is 0.324. The Morgan fingerprint density at radius 2 is 1.90 bits per heavy atom. The number of thioether (sulfide) groups is 1. The number of nitrogens with zero attached hydrogens (tertiary/aromatic N) is 2. The highest BCUT2D eigenvalue weighted by atomic mass is 32.2. The summed E-state index contributed by atoms with van der Waals surface area (Å²) in [5.74, 6) is 1.94. The van der Waals surface area contributed by atoms with E-state index in [4.69, 9.17) is 0 Å². The smallest absolute Gasteiger partial charge is 0.191 e. The molecule has 1 aromatic carbocycles. The SMILES string of the molecule is CN=C(NCCSC)NCC(c1ccc(C)cc1)N(C)C. The van der Waals surface area contributed by atoms with Gasteiger partial charge in [0, 0.05) is 25.9 Å². The van der Waals surface area contributed by atoms with Crippen molar-refractivity contribution >= 4 is 17.7 Å². The lowest BCUT2D eigenvalue weighted by atomic mass is 10.0. The molecule has 0 saturated carbocycles. The summed E-state index contributed by atoms with van der Waals surface area (Å²) in [5.41, 5.74) is 2.61. The van der Waals surface area contributed by atoms with Crippen molar-refractivity contribution < 1.29 is 0 Å². The summed E-state index contributed by atoms with van der Waals surface area (Å²) >= 11 is 1.83. The predicted octanol–water partition coefficient (Wildman–Crippen LogP) is 2.13. The summed E-state index contributed by atoms with van der Waals surface area (Å²) in [4.78, 5) is 6.49. The van der Waals surface area contributed by atoms with Crippen LogP contribution in [0, 0.1) is 6.92 Å². The molecular weight excluding hydrogens is 280 g/mol. The second-order valence-corrected chi connectivity index (χ2v) is 6.25. The molecule has 118 valence electrons. The Morgan fingerprint density at radius 1 is 1.24 bits per heavy atom. The van der Waals surface area contributed by atoms with Gasteiger partial charge in [0.25, 0.3) is 0 Å². The van der Waals surface area contributed by atoms with Gasteiger partial charge in [-0.2, -0.15) is 11.8 Å². The highest BCUT2D eigenvalue weighted by Crippen LogP contribution is 2.17. The zero-order chi connectivity index (χ0) is 15.7. The van der Waals surface area contributed by atoms with E-state index in [1.165, 1.54) is 11.1 Å². The van der Waals surface area contributed by atoms with E-state index in [9.17, 15) is 0 Å². The van der Waals surface area contributed by atoms with Crippen molar-refractivity contribution in [2.75, 3.05) is 46.2 Å². The fourth-order valence-corrected chi connectivity index (χ4v) is 2.38. The Hall–Kier alpha value is -1.20. The molecule has 1 atom stereocenters. The maximum Gasteiger partial charge on any atom is 0.191 e. The molecule has 1 rings (SSSR count). The molecular formula is C16H28N4S. The second-order valence-electron chi connectivity index (χ2n) is 5.26. The van der Waals surface area contributed by atoms with Crippen LogP contribution in [0.5, 0.6) is 0 Å². The van der Waals surface area contributed by atoms with Gasteiger partial charge < -0.3 is 15.5 Å². The number of benzene rings is 1. The monoisotopic (exact) mass is 308 g/mol. The van der Waals surface area contributed by atoms with Crippen molar-refractivity contribution in [2.24, 2.45) is 4.99 Å². The average molecular weight is 308 g/mol. The third kappa shape index (κ3) is 6.40. The van der Waals surface area contributed by atoms with Crippen molar-refractivity contribution in [2.45, 2.75) is 13.0 Å². The molecule has 0 saturated heterocycles. The molecule has 0 aliphatic carbocycles. The third-order valence-electron chi connectivity index (χ3n) is 3.37. The standard InChI is InChI=1S/C16H28N4S/c1-13-6-8-14(9-7-13)15(20(3)4)12-19-16(17-2)18-10-11-21-5/h6-9,15H,10-12H2,1-5H3,(H2,17,18,19). The van der Waals surface area contributed by atoms with Crippen LogP contribution in [0.2, 0.25) is 0 Å². The van der Waals surface area contributed by atoms with Crippen LogP contribution in [-0.2, 0) is 0 Å². The van der Waals surface area contributed by atoms with Crippen molar-refractivity contribution in [1.29, 1.82) is 0 Å². The van der Waals surface area contributed by atoms with Gasteiger partial charge in [-0.05, 0) is 32.8 Å². The number of rotatable bonds is 7. The van der Waals surface area contributed by atoms with E-state index in [0.717, 1.165) is 24.8 Å². The Bertz CT molecular complexity index is 428. The minimum absolute atomic E-state index is 0.324. The van der Waals surface area contributed by atoms with Crippen LogP contribution < -0.4 is 10.6 Å². The van der Waals surface area contributed by atoms with Crippen molar-refractivity contribution in [3.8, 4) is 0 Å². The van der Waals surface area contributed by atoms with Crippen LogP contribution >= 0.6 is 11.8 Å². The van der Waals surface area contributed by atoms with Gasteiger partial charge in [-0.3, -0.25) is 4.99 Å². The highest BCUT2D eigenvalue weighted by molar-refractivity contribution is 7.98. The van der Waals surface area contributed by atoms with E-state index < -0.39 is 0 Å². The number of guanidine groups is 1. The summed E-state index contributed by atoms with van der Waals surface area (Å²) in [6.45, 7) is 3.87. The van der Waals surface area contributed by atoms with E-state index >= 15 is 0 Å². The zero-order valence-corrected chi connectivity index (χ0v) is 14.6. The molecule has 1 aromatic rings. The van der Waals surface area contributed by atoms with E-state index in [2.05, 4.69) is 72.1 Å². The maximum atomic E-state index is 4.27. The fraction of sp³-hybridized carbons (Fsp3) is 0.562. The lowest BCUT2D eigenvalue weighted by Gasteiger charge is -2.26. The van der Waals surface area contributed by atoms with Gasteiger partial charge in [0.15, 0.2) is 5.96 Å². The second kappa shape index (κ2) is 9.68. The van der Waals surface area contributed by atoms with Gasteiger partial charge in [0.05, 0.1) is 6.04 Å². The summed E-state index contributed by atoms with van der Waals surface area (Å²) in [5, 5.41) is 6.74. The average Bonchev–Trinajstić information content (AvgIpc) is 2.47. The summed E-state index contributed by atoms with van der Waals surface area (Å²) in [7, 11) is 6.03. The number of nitrogens with one attached hydrogen (secondary N) is 2. The molecule has 4 nitrogen and oxygen atoms in total. The molecule has 5 heteroatoms. The Labute approximate surface area is 133 Å². The van der Waals surface area contributed by atoms with Gasteiger partial charge in [-0.15, -0.1) is 0 Å². The van der Waals surface area contributed by atoms with Crippen molar-refractivity contribution in [1.82, 2.24) is 15.5 Å². The molecule has 2 N–H and O–H groups in total. The largest absolute Gasteiger partial charge is 0.356 e. The lowest BCUT2D eigenvalue weighted by molar-refractivity contribution is 0.298. The zero-order valence-electron chi connectivity index (χ0n) is 13.8. The summed E-state index contributed by atoms with van der Waals surface area (Å²) in [6, 6.07) is 9.05.